The predicted molar refractivity (Wildman–Crippen MR) is 79.0 cm³/mol. The van der Waals surface area contributed by atoms with Crippen molar-refractivity contribution in [2.75, 3.05) is 0 Å². The van der Waals surface area contributed by atoms with Crippen LogP contribution in [0.3, 0.4) is 0 Å². The third-order valence-electron chi connectivity index (χ3n) is 4.41. The fraction of sp³-hybridized carbons (Fsp3) is 0.375. The quantitative estimate of drug-likeness (QED) is 0.841. The molecule has 0 bridgehead atoms. The van der Waals surface area contributed by atoms with E-state index in [9.17, 15) is 28.6 Å². The number of phenolic OH excluding ortho intramolecular Hbond substituents is 1. The molecule has 7 heteroatoms. The summed E-state index contributed by atoms with van der Waals surface area (Å²) >= 11 is 0. The summed E-state index contributed by atoms with van der Waals surface area (Å²) in [6, 6.07) is 1.81. The van der Waals surface area contributed by atoms with Gasteiger partial charge in [-0.3, -0.25) is 4.79 Å². The smallest absolute Gasteiger partial charge is 0.416 e. The molecule has 2 aromatic rings. The number of hydrogen-bond acceptors (Lipinski definition) is 3. The average molecular weight is 323 g/mol. The van der Waals surface area contributed by atoms with Crippen LogP contribution in [0.5, 0.6) is 5.75 Å². The molecule has 1 aliphatic carbocycles. The van der Waals surface area contributed by atoms with E-state index in [0.717, 1.165) is 25.3 Å². The van der Waals surface area contributed by atoms with Crippen molar-refractivity contribution in [1.29, 1.82) is 0 Å². The van der Waals surface area contributed by atoms with Crippen molar-refractivity contribution in [1.82, 2.24) is 4.57 Å². The molecule has 0 aliphatic heterocycles. The Kier molecular flexibility index (Phi) is 3.79. The van der Waals surface area contributed by atoms with Gasteiger partial charge < -0.3 is 10.2 Å². The third kappa shape index (κ3) is 2.46. The molecule has 1 aliphatic rings. The first-order valence-electron chi connectivity index (χ1n) is 7.41. The molecule has 0 radical (unpaired) electrons. The Morgan fingerprint density at radius 3 is 2.43 bits per heavy atom. The number of fused-ring (bicyclic) bond motifs is 1. The highest BCUT2D eigenvalue weighted by Gasteiger charge is 2.26. The molecule has 0 atom stereocenters. The zero-order valence-corrected chi connectivity index (χ0v) is 12.2. The molecule has 0 amide bonds. The predicted octanol–water partition coefficient (Wildman–Crippen LogP) is 3.56. The Labute approximate surface area is 129 Å². The number of nitrogens with zero attached hydrogens (tertiary/aromatic N) is 1. The molecule has 1 fully saturated rings. The molecule has 3 rings (SSSR count). The Morgan fingerprint density at radius 2 is 1.83 bits per heavy atom. The molecule has 23 heavy (non-hydrogen) atoms. The first kappa shape index (κ1) is 15.5. The lowest BCUT2D eigenvalue weighted by Crippen LogP contribution is -2.23. The van der Waals surface area contributed by atoms with Gasteiger partial charge >= 0.3 is 6.09 Å². The minimum absolute atomic E-state index is 0.177. The van der Waals surface area contributed by atoms with Gasteiger partial charge in [-0.1, -0.05) is 19.3 Å². The van der Waals surface area contributed by atoms with Crippen LogP contribution in [0.1, 0.15) is 43.7 Å². The van der Waals surface area contributed by atoms with E-state index in [0.29, 0.717) is 23.5 Å². The van der Waals surface area contributed by atoms with Crippen LogP contribution in [0.25, 0.3) is 10.9 Å². The van der Waals surface area contributed by atoms with Crippen molar-refractivity contribution in [2.24, 2.45) is 0 Å². The van der Waals surface area contributed by atoms with Crippen LogP contribution >= 0.6 is 0 Å². The van der Waals surface area contributed by atoms with Crippen LogP contribution in [0.15, 0.2) is 16.9 Å². The molecule has 0 spiro atoms. The van der Waals surface area contributed by atoms with Crippen molar-refractivity contribution in [3.8, 4) is 5.75 Å². The Morgan fingerprint density at radius 1 is 1.17 bits per heavy atom. The van der Waals surface area contributed by atoms with Crippen LogP contribution < -0.4 is 5.43 Å². The maximum absolute atomic E-state index is 14.3. The fourth-order valence-electron chi connectivity index (χ4n) is 3.32. The number of halogens is 2. The number of carboxylic acid groups (broad SMARTS) is 1. The highest BCUT2D eigenvalue weighted by Crippen LogP contribution is 2.35. The Bertz CT molecular complexity index is 854. The van der Waals surface area contributed by atoms with Crippen molar-refractivity contribution < 1.29 is 23.8 Å². The van der Waals surface area contributed by atoms with Crippen molar-refractivity contribution in [2.45, 2.75) is 38.0 Å². The summed E-state index contributed by atoms with van der Waals surface area (Å²) in [5.74, 6) is -4.19. The lowest BCUT2D eigenvalue weighted by molar-refractivity contribution is 0.195. The largest absolute Gasteiger partial charge is 0.503 e. The second-order valence-corrected chi connectivity index (χ2v) is 5.80. The molecule has 0 saturated heterocycles. The van der Waals surface area contributed by atoms with Gasteiger partial charge in [0.1, 0.15) is 5.52 Å². The first-order chi connectivity index (χ1) is 10.9. The topological polar surface area (TPSA) is 79.5 Å². The maximum Gasteiger partial charge on any atom is 0.416 e. The maximum atomic E-state index is 14.3. The summed E-state index contributed by atoms with van der Waals surface area (Å²) in [5, 5.41) is 18.5. The van der Waals surface area contributed by atoms with Gasteiger partial charge in [-0.15, -0.1) is 0 Å². The van der Waals surface area contributed by atoms with Crippen molar-refractivity contribution in [3.63, 3.8) is 0 Å². The van der Waals surface area contributed by atoms with Gasteiger partial charge in [-0.05, 0) is 24.8 Å². The van der Waals surface area contributed by atoms with Gasteiger partial charge in [0, 0.05) is 11.8 Å². The molecule has 122 valence electrons. The van der Waals surface area contributed by atoms with Crippen molar-refractivity contribution in [3.05, 3.63) is 39.7 Å². The van der Waals surface area contributed by atoms with Crippen LogP contribution in [0, 0.1) is 11.6 Å². The minimum Gasteiger partial charge on any atom is -0.503 e. The summed E-state index contributed by atoms with van der Waals surface area (Å²) in [5.41, 5.74) is -1.06. The normalized spacial score (nSPS) is 15.9. The number of hydrogen-bond donors (Lipinski definition) is 2. The van der Waals surface area contributed by atoms with E-state index in [1.165, 1.54) is 0 Å². The zero-order chi connectivity index (χ0) is 16.7. The lowest BCUT2D eigenvalue weighted by Gasteiger charge is -2.25. The van der Waals surface area contributed by atoms with E-state index < -0.39 is 39.8 Å². The van der Waals surface area contributed by atoms with Crippen LogP contribution in [0.4, 0.5) is 13.6 Å². The molecular weight excluding hydrogens is 308 g/mol. The van der Waals surface area contributed by atoms with E-state index in [4.69, 9.17) is 0 Å². The van der Waals surface area contributed by atoms with Crippen LogP contribution in [-0.2, 0) is 0 Å². The van der Waals surface area contributed by atoms with Crippen LogP contribution in [-0.4, -0.2) is 20.9 Å². The summed E-state index contributed by atoms with van der Waals surface area (Å²) in [4.78, 5) is 23.9. The van der Waals surface area contributed by atoms with Gasteiger partial charge in [0.2, 0.25) is 0 Å². The number of aromatic nitrogens is 1. The third-order valence-corrected chi connectivity index (χ3v) is 4.41. The Balaban J connectivity index is 2.40. The molecule has 1 aromatic heterocycles. The highest BCUT2D eigenvalue weighted by molar-refractivity contribution is 5.89. The average Bonchev–Trinajstić information content (AvgIpc) is 2.53. The minimum atomic E-state index is -1.47. The van der Waals surface area contributed by atoms with Crippen LogP contribution in [0.2, 0.25) is 0 Å². The van der Waals surface area contributed by atoms with Gasteiger partial charge in [0.15, 0.2) is 22.8 Å². The Hall–Kier alpha value is -2.44. The van der Waals surface area contributed by atoms with Gasteiger partial charge in [0.25, 0.3) is 0 Å². The second-order valence-electron chi connectivity index (χ2n) is 5.80. The van der Waals surface area contributed by atoms with E-state index in [1.54, 1.807) is 0 Å². The number of carbonyl (C=O) groups is 1. The second kappa shape index (κ2) is 5.64. The molecule has 0 unspecified atom stereocenters. The SMILES string of the molecule is O=C(O)n1c(C2CCCCC2)cc(=O)c2cc(F)c(O)c(F)c21. The molecule has 2 N–H and O–H groups in total. The lowest BCUT2D eigenvalue weighted by atomic mass is 9.86. The molecule has 5 nitrogen and oxygen atoms in total. The van der Waals surface area contributed by atoms with E-state index in [2.05, 4.69) is 0 Å². The summed E-state index contributed by atoms with van der Waals surface area (Å²) in [6.07, 6.45) is 2.75. The van der Waals surface area contributed by atoms with Gasteiger partial charge in [0.05, 0.1) is 5.39 Å². The van der Waals surface area contributed by atoms with E-state index in [-0.39, 0.29) is 11.6 Å². The number of pyridine rings is 1. The number of phenols is 1. The van der Waals surface area contributed by atoms with Crippen molar-refractivity contribution >= 4 is 17.0 Å². The standard InChI is InChI=1S/C16H15F2NO4/c17-10-6-9-12(20)7-11(8-4-2-1-3-5-8)19(16(22)23)14(9)13(18)15(10)21/h6-8,21H,1-5H2,(H,22,23). The van der Waals surface area contributed by atoms with E-state index in [1.807, 2.05) is 0 Å². The summed E-state index contributed by atoms with van der Waals surface area (Å²) in [6.45, 7) is 0. The fourth-order valence-corrected chi connectivity index (χ4v) is 3.32. The number of rotatable bonds is 1. The van der Waals surface area contributed by atoms with Gasteiger partial charge in [-0.25, -0.2) is 18.1 Å². The molecule has 1 heterocycles. The van der Waals surface area contributed by atoms with E-state index >= 15 is 0 Å². The summed E-state index contributed by atoms with van der Waals surface area (Å²) in [7, 11) is 0. The molecular formula is C16H15F2NO4. The summed E-state index contributed by atoms with van der Waals surface area (Å²) < 4.78 is 28.5. The monoisotopic (exact) mass is 323 g/mol. The molecule has 1 aromatic carbocycles. The van der Waals surface area contributed by atoms with Gasteiger partial charge in [-0.2, -0.15) is 0 Å². The zero-order valence-electron chi connectivity index (χ0n) is 12.2. The number of benzene rings is 1. The first-order valence-corrected chi connectivity index (χ1v) is 7.41. The highest BCUT2D eigenvalue weighted by atomic mass is 19.1. The molecule has 1 saturated carbocycles. The number of aromatic hydroxyl groups is 1.